The number of benzene rings is 1. The smallest absolute Gasteiger partial charge is 0.354 e. The first-order chi connectivity index (χ1) is 15.1. The molecule has 0 unspecified atom stereocenters. The Morgan fingerprint density at radius 1 is 1.10 bits per heavy atom. The minimum Gasteiger partial charge on any atom is -0.497 e. The van der Waals surface area contributed by atoms with Gasteiger partial charge in [-0.1, -0.05) is 12.1 Å². The topological polar surface area (TPSA) is 61.5 Å². The predicted molar refractivity (Wildman–Crippen MR) is 118 cm³/mol. The number of methoxy groups -OCH3 is 2. The average molecular weight is 423 g/mol. The van der Waals surface area contributed by atoms with Crippen LogP contribution in [-0.2, 0) is 24.9 Å². The van der Waals surface area contributed by atoms with Gasteiger partial charge in [0.1, 0.15) is 17.3 Å². The summed E-state index contributed by atoms with van der Waals surface area (Å²) < 4.78 is 14.2. The van der Waals surface area contributed by atoms with E-state index in [0.29, 0.717) is 11.6 Å². The molecule has 4 rings (SSSR count). The standard InChI is InChI=1S/C24H30N4O3/c1-26-15-19(14-22(26)24(29)31-3)16-27-11-8-20(9-12-27)23-25-10-13-28(23)17-18-4-6-21(30-2)7-5-18/h4-7,10,13-15,20H,8-9,11-12,16-17H2,1-3H3. The van der Waals surface area contributed by atoms with Crippen LogP contribution in [0.5, 0.6) is 5.75 Å². The highest BCUT2D eigenvalue weighted by atomic mass is 16.5. The fraction of sp³-hybridized carbons (Fsp3) is 0.417. The molecule has 1 aromatic carbocycles. The number of carbonyl (C=O) groups excluding carboxylic acids is 1. The minimum absolute atomic E-state index is 0.295. The number of esters is 1. The molecule has 0 spiro atoms. The molecular formula is C24H30N4O3. The van der Waals surface area contributed by atoms with Gasteiger partial charge in [0.05, 0.1) is 14.2 Å². The van der Waals surface area contributed by atoms with Crippen molar-refractivity contribution in [3.8, 4) is 5.75 Å². The van der Waals surface area contributed by atoms with E-state index in [1.54, 1.807) is 7.11 Å². The molecule has 1 aliphatic heterocycles. The Bertz CT molecular complexity index is 1010. The van der Waals surface area contributed by atoms with Gasteiger partial charge < -0.3 is 18.6 Å². The number of imidazole rings is 1. The maximum atomic E-state index is 11.8. The number of hydrogen-bond acceptors (Lipinski definition) is 5. The van der Waals surface area contributed by atoms with Crippen LogP contribution in [0.15, 0.2) is 48.9 Å². The number of likely N-dealkylation sites (tertiary alicyclic amines) is 1. The minimum atomic E-state index is -0.295. The van der Waals surface area contributed by atoms with Crippen LogP contribution in [-0.4, -0.2) is 52.3 Å². The third kappa shape index (κ3) is 4.82. The maximum Gasteiger partial charge on any atom is 0.354 e. The summed E-state index contributed by atoms with van der Waals surface area (Å²) in [6.45, 7) is 3.70. The van der Waals surface area contributed by atoms with Crippen molar-refractivity contribution in [2.45, 2.75) is 31.8 Å². The molecule has 31 heavy (non-hydrogen) atoms. The molecule has 7 heteroatoms. The molecule has 0 N–H and O–H groups in total. The molecule has 3 heterocycles. The molecule has 164 valence electrons. The molecule has 0 radical (unpaired) electrons. The van der Waals surface area contributed by atoms with Gasteiger partial charge in [-0.05, 0) is 55.3 Å². The van der Waals surface area contributed by atoms with E-state index in [1.165, 1.54) is 18.5 Å². The molecule has 0 bridgehead atoms. The Kier molecular flexibility index (Phi) is 6.42. The van der Waals surface area contributed by atoms with Crippen LogP contribution >= 0.6 is 0 Å². The molecule has 1 saturated heterocycles. The first-order valence-electron chi connectivity index (χ1n) is 10.7. The van der Waals surface area contributed by atoms with Gasteiger partial charge in [-0.25, -0.2) is 9.78 Å². The van der Waals surface area contributed by atoms with Crippen LogP contribution in [0, 0.1) is 0 Å². The Morgan fingerprint density at radius 2 is 1.84 bits per heavy atom. The Hall–Kier alpha value is -3.06. The summed E-state index contributed by atoms with van der Waals surface area (Å²) in [4.78, 5) is 19.0. The van der Waals surface area contributed by atoms with Crippen LogP contribution in [0.2, 0.25) is 0 Å². The van der Waals surface area contributed by atoms with E-state index in [4.69, 9.17) is 9.47 Å². The van der Waals surface area contributed by atoms with Crippen molar-refractivity contribution in [3.63, 3.8) is 0 Å². The van der Waals surface area contributed by atoms with Crippen molar-refractivity contribution < 1.29 is 14.3 Å². The maximum absolute atomic E-state index is 11.8. The van der Waals surface area contributed by atoms with Gasteiger partial charge in [0, 0.05) is 44.6 Å². The zero-order valence-corrected chi connectivity index (χ0v) is 18.5. The number of carbonyl (C=O) groups is 1. The SMILES string of the molecule is COC(=O)c1cc(CN2CCC(c3nccn3Cc3ccc(OC)cc3)CC2)cn1C. The molecule has 1 fully saturated rings. The molecule has 0 atom stereocenters. The first-order valence-corrected chi connectivity index (χ1v) is 10.7. The van der Waals surface area contributed by atoms with Gasteiger partial charge in [-0.2, -0.15) is 0 Å². The number of ether oxygens (including phenoxy) is 2. The molecule has 3 aromatic rings. The number of aromatic nitrogens is 3. The third-order valence-electron chi connectivity index (χ3n) is 6.07. The summed E-state index contributed by atoms with van der Waals surface area (Å²) in [5, 5.41) is 0. The van der Waals surface area contributed by atoms with Gasteiger partial charge in [0.15, 0.2) is 0 Å². The van der Waals surface area contributed by atoms with Gasteiger partial charge in [-0.3, -0.25) is 4.90 Å². The van der Waals surface area contributed by atoms with E-state index in [1.807, 2.05) is 42.2 Å². The lowest BCUT2D eigenvalue weighted by Crippen LogP contribution is -2.33. The van der Waals surface area contributed by atoms with Crippen LogP contribution < -0.4 is 4.74 Å². The molecular weight excluding hydrogens is 392 g/mol. The van der Waals surface area contributed by atoms with E-state index < -0.39 is 0 Å². The Morgan fingerprint density at radius 3 is 2.52 bits per heavy atom. The summed E-state index contributed by atoms with van der Waals surface area (Å²) in [6, 6.07) is 10.1. The summed E-state index contributed by atoms with van der Waals surface area (Å²) in [5.41, 5.74) is 2.97. The average Bonchev–Trinajstić information content (AvgIpc) is 3.40. The van der Waals surface area contributed by atoms with Crippen LogP contribution in [0.4, 0.5) is 0 Å². The molecule has 0 aliphatic carbocycles. The lowest BCUT2D eigenvalue weighted by Gasteiger charge is -2.31. The highest BCUT2D eigenvalue weighted by Crippen LogP contribution is 2.28. The van der Waals surface area contributed by atoms with Crippen molar-refractivity contribution >= 4 is 5.97 Å². The quantitative estimate of drug-likeness (QED) is 0.546. The number of piperidine rings is 1. The first kappa shape index (κ1) is 21.2. The van der Waals surface area contributed by atoms with E-state index in [-0.39, 0.29) is 5.97 Å². The van der Waals surface area contributed by atoms with E-state index in [0.717, 1.165) is 50.3 Å². The lowest BCUT2D eigenvalue weighted by atomic mass is 9.95. The largest absolute Gasteiger partial charge is 0.497 e. The number of nitrogens with zero attached hydrogens (tertiary/aromatic N) is 4. The van der Waals surface area contributed by atoms with Crippen molar-refractivity contribution in [1.82, 2.24) is 19.0 Å². The Labute approximate surface area is 183 Å². The number of aryl methyl sites for hydroxylation is 1. The van der Waals surface area contributed by atoms with E-state index in [9.17, 15) is 4.79 Å². The van der Waals surface area contributed by atoms with Crippen molar-refractivity contribution in [2.24, 2.45) is 7.05 Å². The second kappa shape index (κ2) is 9.39. The van der Waals surface area contributed by atoms with Crippen molar-refractivity contribution in [1.29, 1.82) is 0 Å². The second-order valence-electron chi connectivity index (χ2n) is 8.15. The van der Waals surface area contributed by atoms with E-state index in [2.05, 4.69) is 32.8 Å². The summed E-state index contributed by atoms with van der Waals surface area (Å²) >= 11 is 0. The summed E-state index contributed by atoms with van der Waals surface area (Å²) in [7, 11) is 4.98. The van der Waals surface area contributed by atoms with Gasteiger partial charge in [0.25, 0.3) is 0 Å². The fourth-order valence-corrected chi connectivity index (χ4v) is 4.38. The van der Waals surface area contributed by atoms with Crippen molar-refractivity contribution in [3.05, 3.63) is 71.6 Å². The summed E-state index contributed by atoms with van der Waals surface area (Å²) in [5.74, 6) is 2.21. The monoisotopic (exact) mass is 422 g/mol. The van der Waals surface area contributed by atoms with E-state index >= 15 is 0 Å². The lowest BCUT2D eigenvalue weighted by molar-refractivity contribution is 0.0590. The molecule has 1 aliphatic rings. The predicted octanol–water partition coefficient (Wildman–Crippen LogP) is 3.44. The Balaban J connectivity index is 1.35. The number of rotatable bonds is 7. The van der Waals surface area contributed by atoms with Crippen LogP contribution in [0.25, 0.3) is 0 Å². The summed E-state index contributed by atoms with van der Waals surface area (Å²) in [6.07, 6.45) is 8.15. The normalized spacial score (nSPS) is 15.2. The molecule has 0 amide bonds. The van der Waals surface area contributed by atoms with Gasteiger partial charge in [0.2, 0.25) is 0 Å². The van der Waals surface area contributed by atoms with Gasteiger partial charge in [-0.15, -0.1) is 0 Å². The highest BCUT2D eigenvalue weighted by molar-refractivity contribution is 5.87. The third-order valence-corrected chi connectivity index (χ3v) is 6.07. The highest BCUT2D eigenvalue weighted by Gasteiger charge is 2.24. The van der Waals surface area contributed by atoms with Crippen molar-refractivity contribution in [2.75, 3.05) is 27.3 Å². The zero-order valence-electron chi connectivity index (χ0n) is 18.5. The van der Waals surface area contributed by atoms with Crippen LogP contribution in [0.3, 0.4) is 0 Å². The van der Waals surface area contributed by atoms with Gasteiger partial charge >= 0.3 is 5.97 Å². The number of hydrogen-bond donors (Lipinski definition) is 0. The molecule has 7 nitrogen and oxygen atoms in total. The zero-order chi connectivity index (χ0) is 21.8. The molecule has 2 aromatic heterocycles. The fourth-order valence-electron chi connectivity index (χ4n) is 4.38. The van der Waals surface area contributed by atoms with Crippen LogP contribution in [0.1, 0.15) is 46.2 Å². The second-order valence-corrected chi connectivity index (χ2v) is 8.15. The molecule has 0 saturated carbocycles.